The number of piperazine rings is 1. The average molecular weight is 351 g/mol. The summed E-state index contributed by atoms with van der Waals surface area (Å²) >= 11 is 0. The molecule has 0 N–H and O–H groups in total. The number of anilines is 1. The number of nitrogens with zero attached hydrogens (tertiary/aromatic N) is 3. The van der Waals surface area contributed by atoms with Crippen molar-refractivity contribution in [1.29, 1.82) is 5.26 Å². The van der Waals surface area contributed by atoms with E-state index in [-0.39, 0.29) is 11.7 Å². The molecule has 0 aromatic heterocycles. The molecule has 1 heterocycles. The number of halogens is 1. The number of amides is 1. The molecule has 3 rings (SSSR count). The maximum absolute atomic E-state index is 14.3. The van der Waals surface area contributed by atoms with E-state index in [1.807, 2.05) is 11.0 Å². The topological polar surface area (TPSA) is 64.4 Å². The van der Waals surface area contributed by atoms with Gasteiger partial charge in [-0.05, 0) is 49.4 Å². The van der Waals surface area contributed by atoms with Crippen LogP contribution in [0.15, 0.2) is 42.5 Å². The third-order valence-electron chi connectivity index (χ3n) is 4.52. The van der Waals surface area contributed by atoms with E-state index in [0.717, 1.165) is 0 Å². The van der Waals surface area contributed by atoms with E-state index in [0.29, 0.717) is 48.6 Å². The molecular weight excluding hydrogens is 333 g/mol. The molecule has 0 aliphatic carbocycles. The standard InChI is InChI=1S/C20H18FN3O2/c1-14(25)17-6-7-19(18(21)12-17)23-8-10-24(11-9-23)20(26)16-4-2-15(13-22)3-5-16/h2-7,12H,8-11H2,1H3. The Bertz CT molecular complexity index is 879. The van der Waals surface area contributed by atoms with E-state index < -0.39 is 5.82 Å². The normalized spacial score (nSPS) is 14.0. The fraction of sp³-hybridized carbons (Fsp3) is 0.250. The lowest BCUT2D eigenvalue weighted by molar-refractivity contribution is 0.0746. The van der Waals surface area contributed by atoms with Gasteiger partial charge in [0, 0.05) is 37.3 Å². The number of hydrogen-bond donors (Lipinski definition) is 0. The Hall–Kier alpha value is -3.20. The zero-order valence-corrected chi connectivity index (χ0v) is 14.4. The third-order valence-corrected chi connectivity index (χ3v) is 4.52. The Morgan fingerprint density at radius 1 is 1.00 bits per heavy atom. The van der Waals surface area contributed by atoms with Crippen molar-refractivity contribution in [2.45, 2.75) is 6.92 Å². The van der Waals surface area contributed by atoms with Crippen LogP contribution in [0.25, 0.3) is 0 Å². The summed E-state index contributed by atoms with van der Waals surface area (Å²) in [5, 5.41) is 8.82. The second-order valence-electron chi connectivity index (χ2n) is 6.19. The van der Waals surface area contributed by atoms with Gasteiger partial charge in [-0.3, -0.25) is 9.59 Å². The summed E-state index contributed by atoms with van der Waals surface area (Å²) in [6, 6.07) is 13.0. The number of nitriles is 1. The number of hydrogen-bond acceptors (Lipinski definition) is 4. The van der Waals surface area contributed by atoms with Crippen molar-refractivity contribution >= 4 is 17.4 Å². The van der Waals surface area contributed by atoms with Crippen LogP contribution in [0, 0.1) is 17.1 Å². The van der Waals surface area contributed by atoms with Crippen LogP contribution in [0.3, 0.4) is 0 Å². The summed E-state index contributed by atoms with van der Waals surface area (Å²) in [4.78, 5) is 27.5. The highest BCUT2D eigenvalue weighted by molar-refractivity contribution is 5.95. The van der Waals surface area contributed by atoms with Gasteiger partial charge in [-0.2, -0.15) is 5.26 Å². The first-order valence-corrected chi connectivity index (χ1v) is 8.34. The van der Waals surface area contributed by atoms with Gasteiger partial charge in [0.1, 0.15) is 5.82 Å². The molecule has 6 heteroatoms. The minimum Gasteiger partial charge on any atom is -0.366 e. The van der Waals surface area contributed by atoms with Gasteiger partial charge in [0.15, 0.2) is 5.78 Å². The van der Waals surface area contributed by atoms with Crippen molar-refractivity contribution in [3.05, 3.63) is 65.0 Å². The van der Waals surface area contributed by atoms with Gasteiger partial charge < -0.3 is 9.80 Å². The smallest absolute Gasteiger partial charge is 0.253 e. The zero-order chi connectivity index (χ0) is 18.7. The highest BCUT2D eigenvalue weighted by atomic mass is 19.1. The van der Waals surface area contributed by atoms with E-state index in [2.05, 4.69) is 0 Å². The van der Waals surface area contributed by atoms with Crippen LogP contribution in [0.4, 0.5) is 10.1 Å². The lowest BCUT2D eigenvalue weighted by atomic mass is 10.1. The lowest BCUT2D eigenvalue weighted by Crippen LogP contribution is -2.49. The fourth-order valence-electron chi connectivity index (χ4n) is 3.00. The molecule has 2 aromatic rings. The predicted octanol–water partition coefficient (Wildman–Crippen LogP) is 2.86. The first kappa shape index (κ1) is 17.6. The Balaban J connectivity index is 1.66. The van der Waals surface area contributed by atoms with Crippen LogP contribution in [-0.2, 0) is 0 Å². The van der Waals surface area contributed by atoms with Crippen LogP contribution in [0.5, 0.6) is 0 Å². The molecule has 0 unspecified atom stereocenters. The Morgan fingerprint density at radius 2 is 1.62 bits per heavy atom. The summed E-state index contributed by atoms with van der Waals surface area (Å²) in [7, 11) is 0. The van der Waals surface area contributed by atoms with Crippen molar-refractivity contribution in [2.24, 2.45) is 0 Å². The first-order valence-electron chi connectivity index (χ1n) is 8.34. The Kier molecular flexibility index (Phi) is 4.99. The van der Waals surface area contributed by atoms with Gasteiger partial charge in [-0.25, -0.2) is 4.39 Å². The van der Waals surface area contributed by atoms with Crippen LogP contribution < -0.4 is 4.90 Å². The molecule has 1 saturated heterocycles. The molecule has 132 valence electrons. The van der Waals surface area contributed by atoms with Crippen molar-refractivity contribution < 1.29 is 14.0 Å². The summed E-state index contributed by atoms with van der Waals surface area (Å²) in [6.07, 6.45) is 0. The van der Waals surface area contributed by atoms with Crippen molar-refractivity contribution in [2.75, 3.05) is 31.1 Å². The molecule has 0 spiro atoms. The largest absolute Gasteiger partial charge is 0.366 e. The van der Waals surface area contributed by atoms with E-state index >= 15 is 0 Å². The molecule has 1 amide bonds. The average Bonchev–Trinajstić information content (AvgIpc) is 2.67. The molecule has 2 aromatic carbocycles. The molecule has 0 saturated carbocycles. The number of rotatable bonds is 3. The fourth-order valence-corrected chi connectivity index (χ4v) is 3.00. The Morgan fingerprint density at radius 3 is 2.15 bits per heavy atom. The quantitative estimate of drug-likeness (QED) is 0.798. The van der Waals surface area contributed by atoms with Gasteiger partial charge in [0.25, 0.3) is 5.91 Å². The molecule has 1 aliphatic heterocycles. The molecule has 1 fully saturated rings. The highest BCUT2D eigenvalue weighted by Crippen LogP contribution is 2.23. The second-order valence-corrected chi connectivity index (χ2v) is 6.19. The van der Waals surface area contributed by atoms with E-state index in [1.165, 1.54) is 13.0 Å². The van der Waals surface area contributed by atoms with Crippen molar-refractivity contribution in [3.8, 4) is 6.07 Å². The number of ketones is 1. The van der Waals surface area contributed by atoms with Crippen molar-refractivity contribution in [3.63, 3.8) is 0 Å². The molecule has 1 aliphatic rings. The van der Waals surface area contributed by atoms with Crippen LogP contribution in [0.1, 0.15) is 33.2 Å². The SMILES string of the molecule is CC(=O)c1ccc(N2CCN(C(=O)c3ccc(C#N)cc3)CC2)c(F)c1. The van der Waals surface area contributed by atoms with Gasteiger partial charge >= 0.3 is 0 Å². The number of Topliss-reactive ketones (excluding diaryl/α,β-unsaturated/α-hetero) is 1. The summed E-state index contributed by atoms with van der Waals surface area (Å²) < 4.78 is 14.3. The van der Waals surface area contributed by atoms with Gasteiger partial charge in [0.2, 0.25) is 0 Å². The van der Waals surface area contributed by atoms with Crippen LogP contribution in [0.2, 0.25) is 0 Å². The molecule has 0 atom stereocenters. The van der Waals surface area contributed by atoms with Gasteiger partial charge in [-0.1, -0.05) is 0 Å². The third kappa shape index (κ3) is 3.57. The van der Waals surface area contributed by atoms with E-state index in [4.69, 9.17) is 5.26 Å². The second kappa shape index (κ2) is 7.36. The highest BCUT2D eigenvalue weighted by Gasteiger charge is 2.24. The Labute approximate surface area is 151 Å². The maximum Gasteiger partial charge on any atom is 0.253 e. The number of carbonyl (C=O) groups excluding carboxylic acids is 2. The first-order chi connectivity index (χ1) is 12.5. The monoisotopic (exact) mass is 351 g/mol. The number of benzene rings is 2. The molecular formula is C20H18FN3O2. The summed E-state index contributed by atoms with van der Waals surface area (Å²) in [5.74, 6) is -0.695. The minimum atomic E-state index is -0.426. The maximum atomic E-state index is 14.3. The van der Waals surface area contributed by atoms with E-state index in [1.54, 1.807) is 41.3 Å². The molecule has 0 radical (unpaired) electrons. The van der Waals surface area contributed by atoms with Crippen molar-refractivity contribution in [1.82, 2.24) is 4.90 Å². The summed E-state index contributed by atoms with van der Waals surface area (Å²) in [5.41, 5.74) is 1.84. The molecule has 26 heavy (non-hydrogen) atoms. The zero-order valence-electron chi connectivity index (χ0n) is 14.4. The summed E-state index contributed by atoms with van der Waals surface area (Å²) in [6.45, 7) is 3.39. The molecule has 0 bridgehead atoms. The lowest BCUT2D eigenvalue weighted by Gasteiger charge is -2.36. The van der Waals surface area contributed by atoms with Gasteiger partial charge in [0.05, 0.1) is 17.3 Å². The molecule has 5 nitrogen and oxygen atoms in total. The predicted molar refractivity (Wildman–Crippen MR) is 95.7 cm³/mol. The number of carbonyl (C=O) groups is 2. The van der Waals surface area contributed by atoms with Crippen LogP contribution in [-0.4, -0.2) is 42.8 Å². The minimum absolute atomic E-state index is 0.0958. The van der Waals surface area contributed by atoms with Gasteiger partial charge in [-0.15, -0.1) is 0 Å². The van der Waals surface area contributed by atoms with Crippen LogP contribution >= 0.6 is 0 Å². The van der Waals surface area contributed by atoms with E-state index in [9.17, 15) is 14.0 Å².